The van der Waals surface area contributed by atoms with Crippen molar-refractivity contribution in [3.8, 4) is 5.75 Å². The third-order valence-corrected chi connectivity index (χ3v) is 2.17. The highest BCUT2D eigenvalue weighted by Gasteiger charge is 2.02. The number of halogens is 1. The van der Waals surface area contributed by atoms with Crippen LogP contribution in [0.5, 0.6) is 5.75 Å². The summed E-state index contributed by atoms with van der Waals surface area (Å²) in [5, 5.41) is 0. The molecule has 1 aromatic carbocycles. The number of ether oxygens (including phenoxy) is 1. The number of methoxy groups -OCH3 is 1. The lowest BCUT2D eigenvalue weighted by Gasteiger charge is -2.06. The minimum absolute atomic E-state index is 0.0787. The molecule has 0 aliphatic carbocycles. The zero-order valence-corrected chi connectivity index (χ0v) is 9.41. The molecule has 0 aromatic heterocycles. The summed E-state index contributed by atoms with van der Waals surface area (Å²) in [4.78, 5) is 3.91. The van der Waals surface area contributed by atoms with Gasteiger partial charge in [-0.3, -0.25) is 0 Å². The molecule has 1 rings (SSSR count). The molecule has 1 aromatic rings. The van der Waals surface area contributed by atoms with Crippen molar-refractivity contribution in [3.63, 3.8) is 0 Å². The zero-order chi connectivity index (χ0) is 10.6. The van der Waals surface area contributed by atoms with E-state index in [1.54, 1.807) is 7.11 Å². The fraction of sp³-hybridized carbons (Fsp3) is 0.222. The second kappa shape index (κ2) is 4.85. The summed E-state index contributed by atoms with van der Waals surface area (Å²) in [5.41, 5.74) is 11.4. The first-order chi connectivity index (χ1) is 6.63. The third kappa shape index (κ3) is 2.92. The first-order valence-corrected chi connectivity index (χ1v) is 4.80. The Morgan fingerprint density at radius 2 is 2.21 bits per heavy atom. The predicted molar refractivity (Wildman–Crippen MR) is 60.2 cm³/mol. The van der Waals surface area contributed by atoms with Gasteiger partial charge in [-0.05, 0) is 12.1 Å². The predicted octanol–water partition coefficient (Wildman–Crippen LogP) is 1.23. The molecule has 0 atom stereocenters. The molecule has 0 radical (unpaired) electrons. The van der Waals surface area contributed by atoms with Crippen LogP contribution < -0.4 is 16.2 Å². The van der Waals surface area contributed by atoms with Gasteiger partial charge in [0.2, 0.25) is 0 Å². The summed E-state index contributed by atoms with van der Waals surface area (Å²) in [7, 11) is 1.61. The Morgan fingerprint density at radius 3 is 2.79 bits per heavy atom. The van der Waals surface area contributed by atoms with E-state index in [-0.39, 0.29) is 5.96 Å². The zero-order valence-electron chi connectivity index (χ0n) is 7.83. The molecule has 0 aliphatic rings. The molecule has 0 unspecified atom stereocenters. The standard InChI is InChI=1S/C9H12BrN3O/c1-14-8-4-7(10)3-2-6(8)5-13-9(11)12/h2-4H,5H2,1H3,(H4,11,12,13). The van der Waals surface area contributed by atoms with Gasteiger partial charge in [0, 0.05) is 10.0 Å². The maximum Gasteiger partial charge on any atom is 0.186 e. The first-order valence-electron chi connectivity index (χ1n) is 4.01. The van der Waals surface area contributed by atoms with Crippen LogP contribution in [0.2, 0.25) is 0 Å². The number of guanidine groups is 1. The van der Waals surface area contributed by atoms with Crippen LogP contribution in [0.4, 0.5) is 0 Å². The smallest absolute Gasteiger partial charge is 0.186 e. The van der Waals surface area contributed by atoms with Crippen molar-refractivity contribution in [1.29, 1.82) is 0 Å². The van der Waals surface area contributed by atoms with Gasteiger partial charge in [0.1, 0.15) is 5.75 Å². The average Bonchev–Trinajstić information content (AvgIpc) is 2.15. The van der Waals surface area contributed by atoms with E-state index >= 15 is 0 Å². The lowest BCUT2D eigenvalue weighted by molar-refractivity contribution is 0.409. The van der Waals surface area contributed by atoms with Crippen molar-refractivity contribution in [2.75, 3.05) is 7.11 Å². The Hall–Kier alpha value is -1.23. The van der Waals surface area contributed by atoms with Gasteiger partial charge in [0.05, 0.1) is 13.7 Å². The minimum atomic E-state index is 0.0787. The Balaban J connectivity index is 2.91. The fourth-order valence-electron chi connectivity index (χ4n) is 1.03. The number of aliphatic imine (C=N–C) groups is 1. The molecular formula is C9H12BrN3O. The maximum absolute atomic E-state index is 5.24. The second-order valence-corrected chi connectivity index (χ2v) is 3.61. The van der Waals surface area contributed by atoms with E-state index in [0.717, 1.165) is 15.8 Å². The van der Waals surface area contributed by atoms with Crippen LogP contribution in [0.1, 0.15) is 5.56 Å². The number of nitrogens with zero attached hydrogens (tertiary/aromatic N) is 1. The Kier molecular flexibility index (Phi) is 3.76. The molecule has 0 bridgehead atoms. The molecule has 0 heterocycles. The van der Waals surface area contributed by atoms with Gasteiger partial charge in [0.25, 0.3) is 0 Å². The van der Waals surface area contributed by atoms with Gasteiger partial charge in [-0.15, -0.1) is 0 Å². The first kappa shape index (κ1) is 10.8. The van der Waals surface area contributed by atoms with E-state index in [1.807, 2.05) is 18.2 Å². The Morgan fingerprint density at radius 1 is 1.50 bits per heavy atom. The quantitative estimate of drug-likeness (QED) is 0.632. The van der Waals surface area contributed by atoms with Crippen molar-refractivity contribution in [2.45, 2.75) is 6.54 Å². The summed E-state index contributed by atoms with van der Waals surface area (Å²) < 4.78 is 6.14. The summed E-state index contributed by atoms with van der Waals surface area (Å²) >= 11 is 3.35. The van der Waals surface area contributed by atoms with Crippen LogP contribution in [-0.4, -0.2) is 13.1 Å². The Bertz CT molecular complexity index is 348. The average molecular weight is 258 g/mol. The summed E-state index contributed by atoms with van der Waals surface area (Å²) in [6.07, 6.45) is 0. The molecule has 0 amide bonds. The third-order valence-electron chi connectivity index (χ3n) is 1.68. The molecule has 0 aliphatic heterocycles. The normalized spacial score (nSPS) is 9.57. The van der Waals surface area contributed by atoms with E-state index in [2.05, 4.69) is 20.9 Å². The second-order valence-electron chi connectivity index (χ2n) is 2.70. The van der Waals surface area contributed by atoms with Crippen LogP contribution in [0.15, 0.2) is 27.7 Å². The number of nitrogens with two attached hydrogens (primary N) is 2. The fourth-order valence-corrected chi connectivity index (χ4v) is 1.37. The largest absolute Gasteiger partial charge is 0.496 e. The molecule has 4 nitrogen and oxygen atoms in total. The van der Waals surface area contributed by atoms with E-state index in [1.165, 1.54) is 0 Å². The van der Waals surface area contributed by atoms with Crippen LogP contribution in [-0.2, 0) is 6.54 Å². The molecule has 76 valence electrons. The van der Waals surface area contributed by atoms with Crippen LogP contribution >= 0.6 is 15.9 Å². The van der Waals surface area contributed by atoms with Crippen molar-refractivity contribution in [2.24, 2.45) is 16.5 Å². The van der Waals surface area contributed by atoms with Gasteiger partial charge in [-0.1, -0.05) is 22.0 Å². The minimum Gasteiger partial charge on any atom is -0.496 e. The lowest BCUT2D eigenvalue weighted by Crippen LogP contribution is -2.22. The highest BCUT2D eigenvalue weighted by molar-refractivity contribution is 9.10. The molecule has 0 fully saturated rings. The van der Waals surface area contributed by atoms with Crippen molar-refractivity contribution >= 4 is 21.9 Å². The number of hydrogen-bond donors (Lipinski definition) is 2. The molecule has 0 spiro atoms. The molecular weight excluding hydrogens is 246 g/mol. The SMILES string of the molecule is COc1cc(Br)ccc1CN=C(N)N. The van der Waals surface area contributed by atoms with Gasteiger partial charge in [-0.25, -0.2) is 4.99 Å². The van der Waals surface area contributed by atoms with E-state index in [4.69, 9.17) is 16.2 Å². The monoisotopic (exact) mass is 257 g/mol. The topological polar surface area (TPSA) is 73.6 Å². The molecule has 0 saturated carbocycles. The van der Waals surface area contributed by atoms with E-state index < -0.39 is 0 Å². The van der Waals surface area contributed by atoms with Crippen molar-refractivity contribution in [3.05, 3.63) is 28.2 Å². The molecule has 14 heavy (non-hydrogen) atoms. The summed E-state index contributed by atoms with van der Waals surface area (Å²) in [6.45, 7) is 0.429. The van der Waals surface area contributed by atoms with Crippen molar-refractivity contribution in [1.82, 2.24) is 0 Å². The van der Waals surface area contributed by atoms with Gasteiger partial charge in [0.15, 0.2) is 5.96 Å². The van der Waals surface area contributed by atoms with Gasteiger partial charge in [-0.2, -0.15) is 0 Å². The molecule has 4 N–H and O–H groups in total. The number of rotatable bonds is 3. The number of hydrogen-bond acceptors (Lipinski definition) is 2. The Labute approximate surface area is 91.1 Å². The lowest BCUT2D eigenvalue weighted by atomic mass is 10.2. The summed E-state index contributed by atoms with van der Waals surface area (Å²) in [5.74, 6) is 0.847. The van der Waals surface area contributed by atoms with E-state index in [0.29, 0.717) is 6.54 Å². The number of benzene rings is 1. The molecule has 5 heteroatoms. The maximum atomic E-state index is 5.24. The highest BCUT2D eigenvalue weighted by atomic mass is 79.9. The van der Waals surface area contributed by atoms with Gasteiger partial charge >= 0.3 is 0 Å². The molecule has 0 saturated heterocycles. The van der Waals surface area contributed by atoms with Gasteiger partial charge < -0.3 is 16.2 Å². The summed E-state index contributed by atoms with van der Waals surface area (Å²) in [6, 6.07) is 5.70. The van der Waals surface area contributed by atoms with Crippen LogP contribution in [0.25, 0.3) is 0 Å². The highest BCUT2D eigenvalue weighted by Crippen LogP contribution is 2.23. The van der Waals surface area contributed by atoms with Crippen LogP contribution in [0.3, 0.4) is 0 Å². The van der Waals surface area contributed by atoms with E-state index in [9.17, 15) is 0 Å². The van der Waals surface area contributed by atoms with Crippen LogP contribution in [0, 0.1) is 0 Å². The van der Waals surface area contributed by atoms with Crippen molar-refractivity contribution < 1.29 is 4.74 Å².